The summed E-state index contributed by atoms with van der Waals surface area (Å²) in [6.07, 6.45) is 0. The van der Waals surface area contributed by atoms with E-state index in [9.17, 15) is 0 Å². The van der Waals surface area contributed by atoms with Crippen molar-refractivity contribution in [3.63, 3.8) is 0 Å². The highest BCUT2D eigenvalue weighted by Gasteiger charge is 2.29. The van der Waals surface area contributed by atoms with Gasteiger partial charge in [-0.1, -0.05) is 71.2 Å². The van der Waals surface area contributed by atoms with E-state index in [-0.39, 0.29) is 6.04 Å². The minimum Gasteiger partial charge on any atom is -0.361 e. The molecule has 0 aromatic heterocycles. The summed E-state index contributed by atoms with van der Waals surface area (Å²) in [7, 11) is 0. The monoisotopic (exact) mass is 455 g/mol. The van der Waals surface area contributed by atoms with Crippen LogP contribution in [0.1, 0.15) is 17.2 Å². The zero-order chi connectivity index (χ0) is 21.1. The van der Waals surface area contributed by atoms with E-state index in [4.69, 9.17) is 41.4 Å². The molecule has 0 bridgehead atoms. The molecule has 0 aliphatic carbocycles. The van der Waals surface area contributed by atoms with Crippen LogP contribution in [0.4, 0.5) is 11.4 Å². The van der Waals surface area contributed by atoms with Crippen LogP contribution in [0.3, 0.4) is 0 Å². The number of hydrogen-bond donors (Lipinski definition) is 0. The Hall–Kier alpha value is -2.22. The van der Waals surface area contributed by atoms with E-state index in [1.54, 1.807) is 6.07 Å². The molecule has 0 spiro atoms. The standard InChI is InChI=1S/C24H20Cl3N3/c1-28-21-9-2-17(3-10-21)15-29-12-13-30(23-11-8-20(26)14-22(23)27)24(16-29)18-4-6-19(25)7-5-18/h2-11,14,24H,12-13,15-16H2/t24-/m0/s1. The van der Waals surface area contributed by atoms with Gasteiger partial charge in [0.15, 0.2) is 5.69 Å². The highest BCUT2D eigenvalue weighted by molar-refractivity contribution is 6.36. The predicted octanol–water partition coefficient (Wildman–Crippen LogP) is 7.26. The number of piperazine rings is 1. The lowest BCUT2D eigenvalue weighted by Crippen LogP contribution is -2.48. The predicted molar refractivity (Wildman–Crippen MR) is 126 cm³/mol. The second kappa shape index (κ2) is 9.29. The largest absolute Gasteiger partial charge is 0.361 e. The Kier molecular flexibility index (Phi) is 6.51. The zero-order valence-electron chi connectivity index (χ0n) is 16.2. The van der Waals surface area contributed by atoms with Gasteiger partial charge in [-0.2, -0.15) is 0 Å². The van der Waals surface area contributed by atoms with Crippen LogP contribution < -0.4 is 4.90 Å². The maximum Gasteiger partial charge on any atom is 0.187 e. The number of anilines is 1. The molecular weight excluding hydrogens is 437 g/mol. The Morgan fingerprint density at radius 1 is 0.867 bits per heavy atom. The van der Waals surface area contributed by atoms with E-state index in [1.165, 1.54) is 11.1 Å². The summed E-state index contributed by atoms with van der Waals surface area (Å²) >= 11 is 18.8. The quantitative estimate of drug-likeness (QED) is 0.382. The molecule has 0 radical (unpaired) electrons. The second-order valence-corrected chi connectivity index (χ2v) is 8.65. The minimum atomic E-state index is 0.136. The zero-order valence-corrected chi connectivity index (χ0v) is 18.5. The van der Waals surface area contributed by atoms with Gasteiger partial charge >= 0.3 is 0 Å². The van der Waals surface area contributed by atoms with Crippen LogP contribution >= 0.6 is 34.8 Å². The van der Waals surface area contributed by atoms with Crippen LogP contribution in [0, 0.1) is 6.57 Å². The molecule has 6 heteroatoms. The van der Waals surface area contributed by atoms with Crippen LogP contribution in [0.5, 0.6) is 0 Å². The lowest BCUT2D eigenvalue weighted by Gasteiger charge is -2.43. The van der Waals surface area contributed by atoms with Crippen LogP contribution in [0.25, 0.3) is 4.85 Å². The summed E-state index contributed by atoms with van der Waals surface area (Å²) in [5, 5.41) is 2.01. The Bertz CT molecular complexity index is 1060. The molecular formula is C24H20Cl3N3. The van der Waals surface area contributed by atoms with Crippen molar-refractivity contribution in [2.75, 3.05) is 24.5 Å². The summed E-state index contributed by atoms with van der Waals surface area (Å²) in [5.41, 5.74) is 4.05. The first kappa shape index (κ1) is 21.0. The third-order valence-corrected chi connectivity index (χ3v) is 6.20. The van der Waals surface area contributed by atoms with Gasteiger partial charge in [-0.25, -0.2) is 4.85 Å². The molecule has 4 rings (SSSR count). The molecule has 1 aliphatic heterocycles. The summed E-state index contributed by atoms with van der Waals surface area (Å²) in [6, 6.07) is 21.7. The molecule has 1 aliphatic rings. The number of halogens is 3. The molecule has 1 heterocycles. The SMILES string of the molecule is [C-]#[N+]c1ccc(CN2CCN(c3ccc(Cl)cc3Cl)[C@H](c3ccc(Cl)cc3)C2)cc1. The second-order valence-electron chi connectivity index (χ2n) is 7.37. The Morgan fingerprint density at radius 2 is 1.57 bits per heavy atom. The van der Waals surface area contributed by atoms with Crippen LogP contribution in [-0.4, -0.2) is 24.5 Å². The maximum atomic E-state index is 7.12. The van der Waals surface area contributed by atoms with E-state index in [0.29, 0.717) is 15.7 Å². The molecule has 1 fully saturated rings. The van der Waals surface area contributed by atoms with Gasteiger partial charge in [-0.05, 0) is 41.5 Å². The molecule has 3 aromatic rings. The Morgan fingerprint density at radius 3 is 2.23 bits per heavy atom. The summed E-state index contributed by atoms with van der Waals surface area (Å²) < 4.78 is 0. The average Bonchev–Trinajstić information content (AvgIpc) is 2.75. The molecule has 1 atom stereocenters. The van der Waals surface area contributed by atoms with Crippen molar-refractivity contribution >= 4 is 46.2 Å². The van der Waals surface area contributed by atoms with Crippen LogP contribution in [-0.2, 0) is 6.54 Å². The molecule has 3 aromatic carbocycles. The minimum absolute atomic E-state index is 0.136. The first-order chi connectivity index (χ1) is 14.5. The molecule has 152 valence electrons. The van der Waals surface area contributed by atoms with Crippen molar-refractivity contribution in [1.29, 1.82) is 0 Å². The normalized spacial score (nSPS) is 17.0. The Labute approximate surface area is 192 Å². The number of benzene rings is 3. The molecule has 0 amide bonds. The van der Waals surface area contributed by atoms with Crippen molar-refractivity contribution < 1.29 is 0 Å². The van der Waals surface area contributed by atoms with Gasteiger partial charge in [-0.15, -0.1) is 0 Å². The van der Waals surface area contributed by atoms with E-state index >= 15 is 0 Å². The van der Waals surface area contributed by atoms with E-state index in [2.05, 4.69) is 26.8 Å². The number of rotatable bonds is 4. The highest BCUT2D eigenvalue weighted by Crippen LogP contribution is 2.37. The van der Waals surface area contributed by atoms with Crippen LogP contribution in [0.2, 0.25) is 15.1 Å². The fourth-order valence-corrected chi connectivity index (χ4v) is 4.53. The Balaban J connectivity index is 1.60. The van der Waals surface area contributed by atoms with Crippen molar-refractivity contribution in [2.45, 2.75) is 12.6 Å². The lowest BCUT2D eigenvalue weighted by molar-refractivity contribution is 0.215. The smallest absolute Gasteiger partial charge is 0.187 e. The number of nitrogens with zero attached hydrogens (tertiary/aromatic N) is 3. The lowest BCUT2D eigenvalue weighted by atomic mass is 10.0. The van der Waals surface area contributed by atoms with E-state index in [0.717, 1.165) is 36.9 Å². The fourth-order valence-electron chi connectivity index (χ4n) is 3.89. The maximum absolute atomic E-state index is 7.12. The molecule has 0 unspecified atom stereocenters. The van der Waals surface area contributed by atoms with Gasteiger partial charge in [0.2, 0.25) is 0 Å². The third-order valence-electron chi connectivity index (χ3n) is 5.41. The van der Waals surface area contributed by atoms with Crippen molar-refractivity contribution in [1.82, 2.24) is 4.90 Å². The van der Waals surface area contributed by atoms with Gasteiger partial charge in [0.25, 0.3) is 0 Å². The van der Waals surface area contributed by atoms with E-state index in [1.807, 2.05) is 48.5 Å². The molecule has 30 heavy (non-hydrogen) atoms. The summed E-state index contributed by atoms with van der Waals surface area (Å²) in [4.78, 5) is 8.26. The van der Waals surface area contributed by atoms with Crippen molar-refractivity contribution in [2.24, 2.45) is 0 Å². The molecule has 3 nitrogen and oxygen atoms in total. The molecule has 0 saturated carbocycles. The summed E-state index contributed by atoms with van der Waals surface area (Å²) in [5.74, 6) is 0. The van der Waals surface area contributed by atoms with Crippen molar-refractivity contribution in [3.8, 4) is 0 Å². The fraction of sp³-hybridized carbons (Fsp3) is 0.208. The van der Waals surface area contributed by atoms with Gasteiger partial charge in [0.1, 0.15) is 0 Å². The van der Waals surface area contributed by atoms with Gasteiger partial charge in [-0.3, -0.25) is 4.90 Å². The first-order valence-electron chi connectivity index (χ1n) is 9.69. The van der Waals surface area contributed by atoms with Gasteiger partial charge < -0.3 is 4.90 Å². The van der Waals surface area contributed by atoms with Crippen molar-refractivity contribution in [3.05, 3.63) is 104 Å². The molecule has 1 saturated heterocycles. The summed E-state index contributed by atoms with van der Waals surface area (Å²) in [6.45, 7) is 10.6. The first-order valence-corrected chi connectivity index (χ1v) is 10.8. The highest BCUT2D eigenvalue weighted by atomic mass is 35.5. The van der Waals surface area contributed by atoms with E-state index < -0.39 is 0 Å². The van der Waals surface area contributed by atoms with Crippen LogP contribution in [0.15, 0.2) is 66.7 Å². The number of hydrogen-bond acceptors (Lipinski definition) is 2. The molecule has 0 N–H and O–H groups in total. The van der Waals surface area contributed by atoms with Gasteiger partial charge in [0.05, 0.1) is 23.3 Å². The average molecular weight is 457 g/mol. The topological polar surface area (TPSA) is 10.8 Å². The van der Waals surface area contributed by atoms with Gasteiger partial charge in [0, 0.05) is 36.2 Å². The third kappa shape index (κ3) is 4.74.